The molecular formula is C23H30N2O4S. The van der Waals surface area contributed by atoms with Crippen molar-refractivity contribution in [1.29, 1.82) is 0 Å². The largest absolute Gasteiger partial charge is 0.484 e. The highest BCUT2D eigenvalue weighted by atomic mass is 32.2. The fourth-order valence-corrected chi connectivity index (χ4v) is 5.32. The van der Waals surface area contributed by atoms with Crippen LogP contribution in [0.1, 0.15) is 24.5 Å². The summed E-state index contributed by atoms with van der Waals surface area (Å²) < 4.78 is 29.7. The quantitative estimate of drug-likeness (QED) is 0.644. The predicted molar refractivity (Wildman–Crippen MR) is 120 cm³/mol. The Hall–Kier alpha value is -2.54. The van der Waals surface area contributed by atoms with Gasteiger partial charge in [0.25, 0.3) is 5.91 Å². The molecule has 30 heavy (non-hydrogen) atoms. The molecule has 3 rings (SSSR count). The Kier molecular flexibility index (Phi) is 7.02. The second-order valence-corrected chi connectivity index (χ2v) is 10.2. The van der Waals surface area contributed by atoms with E-state index in [1.54, 1.807) is 4.90 Å². The minimum absolute atomic E-state index is 0.0136. The van der Waals surface area contributed by atoms with Crippen molar-refractivity contribution in [3.8, 4) is 5.75 Å². The average Bonchev–Trinajstić information content (AvgIpc) is 3.10. The Bertz CT molecular complexity index is 954. The van der Waals surface area contributed by atoms with Crippen LogP contribution < -0.4 is 9.64 Å². The van der Waals surface area contributed by atoms with Crippen LogP contribution in [0.25, 0.3) is 0 Å². The highest BCUT2D eigenvalue weighted by Gasteiger charge is 2.34. The molecule has 2 aromatic carbocycles. The number of hydrogen-bond donors (Lipinski definition) is 0. The van der Waals surface area contributed by atoms with E-state index in [2.05, 4.69) is 6.92 Å². The lowest BCUT2D eigenvalue weighted by Gasteiger charge is -2.28. The van der Waals surface area contributed by atoms with Crippen LogP contribution in [0.5, 0.6) is 5.75 Å². The number of carbonyl (C=O) groups excluding carboxylic acids is 1. The zero-order valence-corrected chi connectivity index (χ0v) is 18.7. The van der Waals surface area contributed by atoms with E-state index in [-0.39, 0.29) is 30.1 Å². The minimum Gasteiger partial charge on any atom is -0.484 e. The third-order valence-corrected chi connectivity index (χ3v) is 7.22. The smallest absolute Gasteiger partial charge is 0.261 e. The Morgan fingerprint density at radius 1 is 1.03 bits per heavy atom. The van der Waals surface area contributed by atoms with Crippen LogP contribution in [-0.2, 0) is 27.6 Å². The van der Waals surface area contributed by atoms with Crippen LogP contribution in [0.15, 0.2) is 48.5 Å². The van der Waals surface area contributed by atoms with E-state index in [4.69, 9.17) is 4.74 Å². The summed E-state index contributed by atoms with van der Waals surface area (Å²) in [6.07, 6.45) is 1.41. The van der Waals surface area contributed by atoms with Crippen molar-refractivity contribution < 1.29 is 17.9 Å². The number of benzene rings is 2. The van der Waals surface area contributed by atoms with Crippen molar-refractivity contribution in [2.45, 2.75) is 32.4 Å². The van der Waals surface area contributed by atoms with Crippen LogP contribution in [0.4, 0.5) is 5.69 Å². The summed E-state index contributed by atoms with van der Waals surface area (Å²) in [5.74, 6) is 0.573. The Labute approximate surface area is 179 Å². The maximum absolute atomic E-state index is 13.0. The normalized spacial score (nSPS) is 17.5. The molecule has 1 fully saturated rings. The summed E-state index contributed by atoms with van der Waals surface area (Å²) >= 11 is 0. The fraction of sp³-hybridized carbons (Fsp3) is 0.435. The van der Waals surface area contributed by atoms with Gasteiger partial charge in [-0.05, 0) is 48.2 Å². The van der Waals surface area contributed by atoms with E-state index in [0.29, 0.717) is 18.7 Å². The van der Waals surface area contributed by atoms with Crippen LogP contribution in [0.3, 0.4) is 0 Å². The molecule has 0 radical (unpaired) electrons. The van der Waals surface area contributed by atoms with Gasteiger partial charge in [-0.2, -0.15) is 0 Å². The lowest BCUT2D eigenvalue weighted by molar-refractivity contribution is -0.136. The van der Waals surface area contributed by atoms with Gasteiger partial charge >= 0.3 is 0 Å². The lowest BCUT2D eigenvalue weighted by atomic mass is 10.1. The summed E-state index contributed by atoms with van der Waals surface area (Å²) in [5.41, 5.74) is 3.23. The second kappa shape index (κ2) is 9.51. The van der Waals surface area contributed by atoms with Gasteiger partial charge in [-0.15, -0.1) is 0 Å². The highest BCUT2D eigenvalue weighted by molar-refractivity contribution is 7.91. The second-order valence-electron chi connectivity index (χ2n) is 7.93. The maximum atomic E-state index is 13.0. The molecule has 0 unspecified atom stereocenters. The van der Waals surface area contributed by atoms with Gasteiger partial charge < -0.3 is 14.5 Å². The molecule has 0 spiro atoms. The van der Waals surface area contributed by atoms with Gasteiger partial charge in [0.05, 0.1) is 11.5 Å². The first-order valence-electron chi connectivity index (χ1n) is 10.3. The van der Waals surface area contributed by atoms with E-state index in [1.165, 1.54) is 5.56 Å². The molecule has 1 aliphatic heterocycles. The first kappa shape index (κ1) is 22.2. The van der Waals surface area contributed by atoms with E-state index in [1.807, 2.05) is 67.5 Å². The summed E-state index contributed by atoms with van der Waals surface area (Å²) in [5, 5.41) is 0. The number of aryl methyl sites for hydroxylation is 1. The number of amides is 1. The van der Waals surface area contributed by atoms with Crippen molar-refractivity contribution in [2.24, 2.45) is 0 Å². The van der Waals surface area contributed by atoms with Gasteiger partial charge in [-0.1, -0.05) is 31.2 Å². The Balaban J connectivity index is 1.72. The maximum Gasteiger partial charge on any atom is 0.261 e. The molecule has 2 aromatic rings. The van der Waals surface area contributed by atoms with E-state index < -0.39 is 9.84 Å². The third kappa shape index (κ3) is 5.75. The number of carbonyl (C=O) groups is 1. The monoisotopic (exact) mass is 430 g/mol. The number of nitrogens with zero attached hydrogens (tertiary/aromatic N) is 2. The molecular weight excluding hydrogens is 400 g/mol. The van der Waals surface area contributed by atoms with Crippen LogP contribution in [0, 0.1) is 0 Å². The predicted octanol–water partition coefficient (Wildman–Crippen LogP) is 2.91. The summed E-state index contributed by atoms with van der Waals surface area (Å²) in [6, 6.07) is 15.3. The lowest BCUT2D eigenvalue weighted by Crippen LogP contribution is -2.43. The first-order valence-corrected chi connectivity index (χ1v) is 12.1. The highest BCUT2D eigenvalue weighted by Crippen LogP contribution is 2.22. The van der Waals surface area contributed by atoms with Crippen molar-refractivity contribution in [2.75, 3.05) is 37.1 Å². The SMILES string of the molecule is CCc1ccc(OCC(=O)N(Cc2ccc(N(C)C)cc2)[C@@H]2CCS(=O)(=O)C2)cc1. The van der Waals surface area contributed by atoms with Crippen molar-refractivity contribution in [3.63, 3.8) is 0 Å². The third-order valence-electron chi connectivity index (χ3n) is 5.47. The van der Waals surface area contributed by atoms with Gasteiger partial charge in [0.15, 0.2) is 16.4 Å². The van der Waals surface area contributed by atoms with Gasteiger partial charge in [-0.25, -0.2) is 8.42 Å². The molecule has 1 heterocycles. The van der Waals surface area contributed by atoms with Gasteiger partial charge in [0.2, 0.25) is 0 Å². The van der Waals surface area contributed by atoms with E-state index in [9.17, 15) is 13.2 Å². The first-order chi connectivity index (χ1) is 14.3. The molecule has 0 saturated carbocycles. The van der Waals surface area contributed by atoms with Gasteiger partial charge in [-0.3, -0.25) is 4.79 Å². The zero-order valence-electron chi connectivity index (χ0n) is 17.9. The van der Waals surface area contributed by atoms with Crippen LogP contribution in [0.2, 0.25) is 0 Å². The summed E-state index contributed by atoms with van der Waals surface area (Å²) in [6.45, 7) is 2.33. The molecule has 7 heteroatoms. The summed E-state index contributed by atoms with van der Waals surface area (Å²) in [4.78, 5) is 16.7. The number of anilines is 1. The van der Waals surface area contributed by atoms with Crippen molar-refractivity contribution >= 4 is 21.4 Å². The molecule has 6 nitrogen and oxygen atoms in total. The molecule has 0 bridgehead atoms. The Morgan fingerprint density at radius 3 is 2.20 bits per heavy atom. The van der Waals surface area contributed by atoms with Gasteiger partial charge in [0, 0.05) is 32.4 Å². The average molecular weight is 431 g/mol. The molecule has 0 aliphatic carbocycles. The molecule has 0 N–H and O–H groups in total. The van der Waals surface area contributed by atoms with Crippen molar-refractivity contribution in [3.05, 3.63) is 59.7 Å². The molecule has 1 atom stereocenters. The van der Waals surface area contributed by atoms with Crippen molar-refractivity contribution in [1.82, 2.24) is 4.90 Å². The van der Waals surface area contributed by atoms with Gasteiger partial charge in [0.1, 0.15) is 5.75 Å². The fourth-order valence-electron chi connectivity index (χ4n) is 3.59. The molecule has 1 amide bonds. The number of hydrogen-bond acceptors (Lipinski definition) is 5. The minimum atomic E-state index is -3.10. The molecule has 162 valence electrons. The number of rotatable bonds is 8. The zero-order chi connectivity index (χ0) is 21.7. The number of sulfone groups is 1. The standard InChI is InChI=1S/C23H30N2O4S/c1-4-18-7-11-22(12-8-18)29-16-23(26)25(21-13-14-30(27,28)17-21)15-19-5-9-20(10-6-19)24(2)3/h5-12,21H,4,13-17H2,1-3H3/t21-/m1/s1. The van der Waals surface area contributed by atoms with Crippen LogP contribution >= 0.6 is 0 Å². The number of ether oxygens (including phenoxy) is 1. The topological polar surface area (TPSA) is 66.9 Å². The molecule has 1 aliphatic rings. The van der Waals surface area contributed by atoms with E-state index >= 15 is 0 Å². The van der Waals surface area contributed by atoms with Crippen LogP contribution in [-0.4, -0.2) is 57.5 Å². The molecule has 1 saturated heterocycles. The molecule has 0 aromatic heterocycles. The Morgan fingerprint density at radius 2 is 1.67 bits per heavy atom. The summed E-state index contributed by atoms with van der Waals surface area (Å²) in [7, 11) is 0.841. The van der Waals surface area contributed by atoms with E-state index in [0.717, 1.165) is 17.7 Å².